The van der Waals surface area contributed by atoms with Gasteiger partial charge >= 0.3 is 0 Å². The van der Waals surface area contributed by atoms with Crippen LogP contribution in [0.1, 0.15) is 37.7 Å². The minimum absolute atomic E-state index is 0. The third-order valence-corrected chi connectivity index (χ3v) is 5.53. The van der Waals surface area contributed by atoms with Crippen LogP contribution < -0.4 is 20.1 Å². The second-order valence-corrected chi connectivity index (χ2v) is 7.18. The van der Waals surface area contributed by atoms with E-state index in [0.29, 0.717) is 12.6 Å². The number of ether oxygens (including phenoxy) is 2. The van der Waals surface area contributed by atoms with E-state index in [9.17, 15) is 0 Å². The van der Waals surface area contributed by atoms with Crippen LogP contribution in [0.4, 0.5) is 0 Å². The van der Waals surface area contributed by atoms with E-state index >= 15 is 0 Å². The zero-order valence-corrected chi connectivity index (χ0v) is 19.0. The maximum absolute atomic E-state index is 5.37. The molecule has 0 bridgehead atoms. The average molecular weight is 488 g/mol. The number of hydrogen-bond acceptors (Lipinski definition) is 4. The molecule has 2 fully saturated rings. The number of nitrogens with zero attached hydrogens (tertiary/aromatic N) is 2. The summed E-state index contributed by atoms with van der Waals surface area (Å²) in [4.78, 5) is 7.04. The lowest BCUT2D eigenvalue weighted by Crippen LogP contribution is -2.45. The Hall–Kier alpha value is -1.22. The maximum atomic E-state index is 5.37. The van der Waals surface area contributed by atoms with Crippen molar-refractivity contribution >= 4 is 29.9 Å². The van der Waals surface area contributed by atoms with E-state index in [1.807, 2.05) is 25.2 Å². The highest BCUT2D eigenvalue weighted by atomic mass is 127. The topological polar surface area (TPSA) is 58.1 Å². The Morgan fingerprint density at radius 3 is 2.56 bits per heavy atom. The molecule has 0 spiro atoms. The number of likely N-dealkylation sites (tertiary alicyclic amines) is 1. The molecule has 6 nitrogen and oxygen atoms in total. The highest BCUT2D eigenvalue weighted by Crippen LogP contribution is 2.28. The highest BCUT2D eigenvalue weighted by molar-refractivity contribution is 14.0. The number of aliphatic imine (C=N–C) groups is 1. The number of nitrogens with one attached hydrogen (secondary N) is 2. The van der Waals surface area contributed by atoms with Crippen LogP contribution in [0.15, 0.2) is 23.2 Å². The first-order valence-electron chi connectivity index (χ1n) is 9.65. The Morgan fingerprint density at radius 1 is 1.15 bits per heavy atom. The van der Waals surface area contributed by atoms with Gasteiger partial charge in [0.05, 0.1) is 14.2 Å². The number of methoxy groups -OCH3 is 2. The van der Waals surface area contributed by atoms with Gasteiger partial charge in [-0.1, -0.05) is 18.9 Å². The zero-order chi connectivity index (χ0) is 18.4. The monoisotopic (exact) mass is 488 g/mol. The lowest BCUT2D eigenvalue weighted by atomic mass is 10.2. The van der Waals surface area contributed by atoms with Crippen LogP contribution in [0.3, 0.4) is 0 Å². The van der Waals surface area contributed by atoms with Gasteiger partial charge in [0, 0.05) is 38.8 Å². The highest BCUT2D eigenvalue weighted by Gasteiger charge is 2.30. The molecule has 1 saturated heterocycles. The van der Waals surface area contributed by atoms with Gasteiger partial charge in [-0.25, -0.2) is 0 Å². The van der Waals surface area contributed by atoms with Crippen molar-refractivity contribution in [1.82, 2.24) is 15.5 Å². The van der Waals surface area contributed by atoms with Gasteiger partial charge < -0.3 is 20.1 Å². The van der Waals surface area contributed by atoms with Crippen molar-refractivity contribution in [3.63, 3.8) is 0 Å². The first-order valence-corrected chi connectivity index (χ1v) is 9.65. The molecule has 2 N–H and O–H groups in total. The van der Waals surface area contributed by atoms with Gasteiger partial charge in [-0.2, -0.15) is 0 Å². The van der Waals surface area contributed by atoms with Crippen molar-refractivity contribution in [2.75, 3.05) is 34.4 Å². The van der Waals surface area contributed by atoms with Gasteiger partial charge in [-0.3, -0.25) is 9.89 Å². The smallest absolute Gasteiger partial charge is 0.191 e. The predicted molar refractivity (Wildman–Crippen MR) is 121 cm³/mol. The lowest BCUT2D eigenvalue weighted by molar-refractivity contribution is 0.242. The van der Waals surface area contributed by atoms with E-state index in [1.54, 1.807) is 14.2 Å². The molecule has 1 unspecified atom stereocenters. The van der Waals surface area contributed by atoms with Crippen molar-refractivity contribution in [1.29, 1.82) is 0 Å². The predicted octanol–water partition coefficient (Wildman–Crippen LogP) is 3.00. The van der Waals surface area contributed by atoms with Crippen LogP contribution in [-0.2, 0) is 6.54 Å². The Morgan fingerprint density at radius 2 is 1.89 bits per heavy atom. The van der Waals surface area contributed by atoms with Crippen LogP contribution in [-0.4, -0.2) is 57.3 Å². The molecule has 0 aromatic heterocycles. The molecule has 1 saturated carbocycles. The van der Waals surface area contributed by atoms with Crippen molar-refractivity contribution in [3.8, 4) is 11.5 Å². The molecule has 1 heterocycles. The second kappa shape index (κ2) is 10.9. The van der Waals surface area contributed by atoms with Crippen LogP contribution in [0, 0.1) is 0 Å². The third-order valence-electron chi connectivity index (χ3n) is 5.53. The molecule has 1 aromatic rings. The molecule has 7 heteroatoms. The van der Waals surface area contributed by atoms with Gasteiger partial charge in [0.1, 0.15) is 0 Å². The summed E-state index contributed by atoms with van der Waals surface area (Å²) in [6, 6.07) is 7.26. The van der Waals surface area contributed by atoms with Gasteiger partial charge in [0.15, 0.2) is 17.5 Å². The number of rotatable bonds is 6. The summed E-state index contributed by atoms with van der Waals surface area (Å²) >= 11 is 0. The molecular formula is C20H33IN4O2. The van der Waals surface area contributed by atoms with Crippen LogP contribution in [0.25, 0.3) is 0 Å². The minimum Gasteiger partial charge on any atom is -0.493 e. The number of benzene rings is 1. The quantitative estimate of drug-likeness (QED) is 0.367. The Balaban J connectivity index is 0.00000261. The van der Waals surface area contributed by atoms with Gasteiger partial charge in [-0.05, 0) is 37.0 Å². The molecule has 1 aliphatic heterocycles. The maximum Gasteiger partial charge on any atom is 0.191 e. The van der Waals surface area contributed by atoms with Crippen LogP contribution in [0.5, 0.6) is 11.5 Å². The summed E-state index contributed by atoms with van der Waals surface area (Å²) in [6.07, 6.45) is 6.73. The lowest BCUT2D eigenvalue weighted by Gasteiger charge is -2.24. The number of guanidine groups is 1. The fraction of sp³-hybridized carbons (Fsp3) is 0.650. The minimum atomic E-state index is 0. The average Bonchev–Trinajstić information content (AvgIpc) is 3.36. The van der Waals surface area contributed by atoms with E-state index in [1.165, 1.54) is 38.6 Å². The van der Waals surface area contributed by atoms with Crippen molar-refractivity contribution in [2.45, 2.75) is 50.7 Å². The molecule has 27 heavy (non-hydrogen) atoms. The first-order chi connectivity index (χ1) is 12.7. The molecule has 152 valence electrons. The van der Waals surface area contributed by atoms with Crippen LogP contribution in [0.2, 0.25) is 0 Å². The summed E-state index contributed by atoms with van der Waals surface area (Å²) in [5.74, 6) is 2.35. The summed E-state index contributed by atoms with van der Waals surface area (Å²) < 4.78 is 10.7. The standard InChI is InChI=1S/C20H32N4O2.HI/c1-21-20(22-13-15-8-9-18(25-2)19(12-15)26-3)23-16-10-11-24(14-16)17-6-4-5-7-17;/h8-9,12,16-17H,4-7,10-11,13-14H2,1-3H3,(H2,21,22,23);1H. The number of hydrogen-bond donors (Lipinski definition) is 2. The molecule has 1 atom stereocenters. The molecule has 3 rings (SSSR count). The Labute approximate surface area is 180 Å². The van der Waals surface area contributed by atoms with Crippen molar-refractivity contribution < 1.29 is 9.47 Å². The summed E-state index contributed by atoms with van der Waals surface area (Å²) in [5, 5.41) is 6.99. The van der Waals surface area contributed by atoms with E-state index in [2.05, 4.69) is 20.5 Å². The van der Waals surface area contributed by atoms with Crippen LogP contribution >= 0.6 is 24.0 Å². The molecule has 0 amide bonds. The first kappa shape index (κ1) is 22.1. The normalized spacial score (nSPS) is 21.0. The SMILES string of the molecule is CN=C(NCc1ccc(OC)c(OC)c1)NC1CCN(C2CCCC2)C1.I. The third kappa shape index (κ3) is 5.88. The zero-order valence-electron chi connectivity index (χ0n) is 16.7. The summed E-state index contributed by atoms with van der Waals surface area (Å²) in [5.41, 5.74) is 1.13. The summed E-state index contributed by atoms with van der Waals surface area (Å²) in [6.45, 7) is 3.02. The molecule has 0 radical (unpaired) electrons. The van der Waals surface area contributed by atoms with Gasteiger partial charge in [0.25, 0.3) is 0 Å². The largest absolute Gasteiger partial charge is 0.493 e. The van der Waals surface area contributed by atoms with E-state index in [0.717, 1.165) is 35.6 Å². The van der Waals surface area contributed by atoms with Gasteiger partial charge in [0.2, 0.25) is 0 Å². The van der Waals surface area contributed by atoms with Crippen molar-refractivity contribution in [2.24, 2.45) is 4.99 Å². The van der Waals surface area contributed by atoms with E-state index in [4.69, 9.17) is 9.47 Å². The molecule has 1 aromatic carbocycles. The van der Waals surface area contributed by atoms with E-state index in [-0.39, 0.29) is 24.0 Å². The second-order valence-electron chi connectivity index (χ2n) is 7.18. The Bertz CT molecular complexity index is 620. The molecule has 1 aliphatic carbocycles. The molecular weight excluding hydrogens is 455 g/mol. The van der Waals surface area contributed by atoms with Crippen molar-refractivity contribution in [3.05, 3.63) is 23.8 Å². The fourth-order valence-electron chi connectivity index (χ4n) is 4.07. The molecule has 2 aliphatic rings. The summed E-state index contributed by atoms with van der Waals surface area (Å²) in [7, 11) is 5.14. The fourth-order valence-corrected chi connectivity index (χ4v) is 4.07. The van der Waals surface area contributed by atoms with E-state index < -0.39 is 0 Å². The van der Waals surface area contributed by atoms with Gasteiger partial charge in [-0.15, -0.1) is 24.0 Å². The number of halogens is 1. The Kier molecular flexibility index (Phi) is 8.95.